The maximum absolute atomic E-state index is 13.0. The van der Waals surface area contributed by atoms with Crippen LogP contribution < -0.4 is 10.1 Å². The third-order valence-electron chi connectivity index (χ3n) is 6.46. The summed E-state index contributed by atoms with van der Waals surface area (Å²) in [5.41, 5.74) is 3.40. The molecule has 1 amide bonds. The maximum Gasteiger partial charge on any atom is 0.341 e. The van der Waals surface area contributed by atoms with E-state index in [2.05, 4.69) is 29.0 Å². The quantitative estimate of drug-likeness (QED) is 0.157. The first kappa shape index (κ1) is 29.2. The Hall–Kier alpha value is -2.82. The zero-order chi connectivity index (χ0) is 28.1. The number of nitrogens with one attached hydrogen (secondary N) is 1. The summed E-state index contributed by atoms with van der Waals surface area (Å²) >= 11 is 9.02. The van der Waals surface area contributed by atoms with E-state index in [-0.39, 0.29) is 30.8 Å². The Bertz CT molecular complexity index is 1360. The number of rotatable bonds is 11. The van der Waals surface area contributed by atoms with Crippen LogP contribution in [-0.4, -0.2) is 39.0 Å². The number of anilines is 1. The van der Waals surface area contributed by atoms with Crippen molar-refractivity contribution in [3.05, 3.63) is 62.8 Å². The lowest BCUT2D eigenvalue weighted by atomic mass is 9.88. The molecule has 0 radical (unpaired) electrons. The maximum atomic E-state index is 13.0. The van der Waals surface area contributed by atoms with Crippen LogP contribution in [0.15, 0.2) is 29.9 Å². The lowest BCUT2D eigenvalue weighted by molar-refractivity contribution is -0.113. The highest BCUT2D eigenvalue weighted by molar-refractivity contribution is 7.99. The number of allylic oxidation sites excluding steroid dienone is 1. The number of aromatic nitrogens is 3. The van der Waals surface area contributed by atoms with Crippen molar-refractivity contribution >= 4 is 51.6 Å². The van der Waals surface area contributed by atoms with Crippen LogP contribution in [0.1, 0.15) is 58.0 Å². The van der Waals surface area contributed by atoms with E-state index in [1.54, 1.807) is 13.0 Å². The molecule has 0 saturated carbocycles. The SMILES string of the molecule is C=CCn1c(COc2cc(C)c(Cl)c(C)c2)nnc1SCC(=O)Nc1sc2c(c1C(=O)OCC)CCC(C)C2. The Labute approximate surface area is 242 Å². The van der Waals surface area contributed by atoms with Gasteiger partial charge < -0.3 is 14.8 Å². The van der Waals surface area contributed by atoms with E-state index in [9.17, 15) is 9.59 Å². The van der Waals surface area contributed by atoms with Crippen LogP contribution in [0.2, 0.25) is 5.02 Å². The van der Waals surface area contributed by atoms with E-state index in [4.69, 9.17) is 21.1 Å². The molecular weight excluding hydrogens is 556 g/mol. The molecule has 0 bridgehead atoms. The number of fused-ring (bicyclic) bond motifs is 1. The van der Waals surface area contributed by atoms with Gasteiger partial charge in [-0.15, -0.1) is 28.1 Å². The number of hydrogen-bond donors (Lipinski definition) is 1. The van der Waals surface area contributed by atoms with Crippen LogP contribution in [0, 0.1) is 19.8 Å². The number of thioether (sulfide) groups is 1. The predicted molar refractivity (Wildman–Crippen MR) is 156 cm³/mol. The van der Waals surface area contributed by atoms with Gasteiger partial charge in [-0.25, -0.2) is 4.79 Å². The lowest BCUT2D eigenvalue weighted by Crippen LogP contribution is -2.18. The molecule has 1 N–H and O–H groups in total. The van der Waals surface area contributed by atoms with E-state index in [0.717, 1.165) is 45.9 Å². The standard InChI is InChI=1S/C28H33ClN4O4S2/c1-6-10-33-22(14-37-19-12-17(4)25(29)18(5)13-19)31-32-28(33)38-15-23(34)30-26-24(27(35)36-7-2)20-9-8-16(3)11-21(20)39-26/h6,12-13,16H,1,7-11,14-15H2,2-5H3,(H,30,34). The summed E-state index contributed by atoms with van der Waals surface area (Å²) in [5, 5.41) is 13.4. The third-order valence-corrected chi connectivity index (χ3v) is 9.19. The third kappa shape index (κ3) is 6.85. The van der Waals surface area contributed by atoms with Gasteiger partial charge in [0, 0.05) is 16.4 Å². The normalized spacial score (nSPS) is 14.5. The Balaban J connectivity index is 1.44. The molecule has 3 aromatic rings. The van der Waals surface area contributed by atoms with Gasteiger partial charge in [-0.3, -0.25) is 9.36 Å². The molecule has 1 atom stereocenters. The number of halogens is 1. The Morgan fingerprint density at radius 1 is 1.31 bits per heavy atom. The fourth-order valence-electron chi connectivity index (χ4n) is 4.53. The predicted octanol–water partition coefficient (Wildman–Crippen LogP) is 6.41. The molecule has 0 aliphatic heterocycles. The molecule has 208 valence electrons. The van der Waals surface area contributed by atoms with E-state index >= 15 is 0 Å². The Kier molecular flexibility index (Phi) is 9.74. The van der Waals surface area contributed by atoms with Gasteiger partial charge >= 0.3 is 5.97 Å². The minimum atomic E-state index is -0.381. The molecular formula is C28H33ClN4O4S2. The van der Waals surface area contributed by atoms with Crippen LogP contribution >= 0.6 is 34.7 Å². The first-order chi connectivity index (χ1) is 18.7. The van der Waals surface area contributed by atoms with Crippen molar-refractivity contribution in [3.63, 3.8) is 0 Å². The zero-order valence-corrected chi connectivity index (χ0v) is 25.0. The molecule has 0 spiro atoms. The molecule has 1 aromatic carbocycles. The van der Waals surface area contributed by atoms with Crippen molar-refractivity contribution in [2.45, 2.75) is 65.3 Å². The molecule has 11 heteroatoms. The first-order valence-electron chi connectivity index (χ1n) is 12.9. The summed E-state index contributed by atoms with van der Waals surface area (Å²) in [6, 6.07) is 3.77. The van der Waals surface area contributed by atoms with Crippen LogP contribution in [0.4, 0.5) is 5.00 Å². The molecule has 1 unspecified atom stereocenters. The fraction of sp³-hybridized carbons (Fsp3) is 0.429. The molecule has 1 aliphatic carbocycles. The summed E-state index contributed by atoms with van der Waals surface area (Å²) in [4.78, 5) is 26.9. The second-order valence-corrected chi connectivity index (χ2v) is 12.0. The summed E-state index contributed by atoms with van der Waals surface area (Å²) < 4.78 is 13.2. The van der Waals surface area contributed by atoms with E-state index in [1.807, 2.05) is 30.5 Å². The van der Waals surface area contributed by atoms with E-state index in [1.165, 1.54) is 23.1 Å². The van der Waals surface area contributed by atoms with Crippen molar-refractivity contribution in [3.8, 4) is 5.75 Å². The number of hydrogen-bond acceptors (Lipinski definition) is 8. The summed E-state index contributed by atoms with van der Waals surface area (Å²) in [6.07, 6.45) is 4.48. The number of thiophene rings is 1. The number of aryl methyl sites for hydroxylation is 2. The lowest BCUT2D eigenvalue weighted by Gasteiger charge is -2.18. The molecule has 8 nitrogen and oxygen atoms in total. The number of carbonyl (C=O) groups is 2. The number of nitrogens with zero attached hydrogens (tertiary/aromatic N) is 3. The average Bonchev–Trinajstić information content (AvgIpc) is 3.44. The van der Waals surface area contributed by atoms with Gasteiger partial charge in [0.25, 0.3) is 0 Å². The number of ether oxygens (including phenoxy) is 2. The van der Waals surface area contributed by atoms with Gasteiger partial charge in [0.1, 0.15) is 17.4 Å². The molecule has 39 heavy (non-hydrogen) atoms. The van der Waals surface area contributed by atoms with Crippen molar-refractivity contribution in [2.24, 2.45) is 5.92 Å². The Morgan fingerprint density at radius 3 is 2.74 bits per heavy atom. The summed E-state index contributed by atoms with van der Waals surface area (Å²) in [7, 11) is 0. The smallest absolute Gasteiger partial charge is 0.341 e. The fourth-order valence-corrected chi connectivity index (χ4v) is 6.82. The number of benzene rings is 1. The second-order valence-electron chi connectivity index (χ2n) is 9.57. The largest absolute Gasteiger partial charge is 0.486 e. The van der Waals surface area contributed by atoms with Crippen LogP contribution in [0.5, 0.6) is 5.75 Å². The molecule has 4 rings (SSSR count). The number of carbonyl (C=O) groups excluding carboxylic acids is 2. The van der Waals surface area contributed by atoms with Gasteiger partial charge in [-0.1, -0.05) is 36.4 Å². The van der Waals surface area contributed by atoms with Crippen LogP contribution in [-0.2, 0) is 35.5 Å². The van der Waals surface area contributed by atoms with E-state index in [0.29, 0.717) is 39.8 Å². The topological polar surface area (TPSA) is 95.3 Å². The highest BCUT2D eigenvalue weighted by Gasteiger charge is 2.29. The van der Waals surface area contributed by atoms with Crippen molar-refractivity contribution in [1.82, 2.24) is 14.8 Å². The van der Waals surface area contributed by atoms with Gasteiger partial charge in [-0.2, -0.15) is 0 Å². The van der Waals surface area contributed by atoms with Crippen molar-refractivity contribution < 1.29 is 19.1 Å². The first-order valence-corrected chi connectivity index (χ1v) is 15.1. The van der Waals surface area contributed by atoms with Crippen molar-refractivity contribution in [1.29, 1.82) is 0 Å². The molecule has 2 heterocycles. The molecule has 0 saturated heterocycles. The monoisotopic (exact) mass is 588 g/mol. The van der Waals surface area contributed by atoms with Crippen molar-refractivity contribution in [2.75, 3.05) is 17.7 Å². The molecule has 0 fully saturated rings. The van der Waals surface area contributed by atoms with Gasteiger partial charge in [0.2, 0.25) is 5.91 Å². The molecule has 2 aromatic heterocycles. The van der Waals surface area contributed by atoms with Gasteiger partial charge in [0.15, 0.2) is 11.0 Å². The highest BCUT2D eigenvalue weighted by atomic mass is 35.5. The van der Waals surface area contributed by atoms with Gasteiger partial charge in [-0.05, 0) is 74.8 Å². The van der Waals surface area contributed by atoms with Crippen LogP contribution in [0.3, 0.4) is 0 Å². The minimum Gasteiger partial charge on any atom is -0.486 e. The minimum absolute atomic E-state index is 0.104. The summed E-state index contributed by atoms with van der Waals surface area (Å²) in [5.74, 6) is 1.36. The molecule has 1 aliphatic rings. The second kappa shape index (κ2) is 13.0. The van der Waals surface area contributed by atoms with E-state index < -0.39 is 0 Å². The zero-order valence-electron chi connectivity index (χ0n) is 22.6. The highest BCUT2D eigenvalue weighted by Crippen LogP contribution is 2.40. The van der Waals surface area contributed by atoms with Crippen LogP contribution in [0.25, 0.3) is 0 Å². The van der Waals surface area contributed by atoms with Gasteiger partial charge in [0.05, 0.1) is 17.9 Å². The summed E-state index contributed by atoms with van der Waals surface area (Å²) in [6.45, 7) is 12.6. The number of amides is 1. The Morgan fingerprint density at radius 2 is 2.05 bits per heavy atom. The number of esters is 1. The average molecular weight is 589 g/mol.